The van der Waals surface area contributed by atoms with Crippen LogP contribution in [0.15, 0.2) is 34.9 Å². The Morgan fingerprint density at radius 2 is 1.82 bits per heavy atom. The Morgan fingerprint density at radius 3 is 2.52 bits per heavy atom. The predicted octanol–water partition coefficient (Wildman–Crippen LogP) is 6.84. The summed E-state index contributed by atoms with van der Waals surface area (Å²) in [6.45, 7) is 4.73. The van der Waals surface area contributed by atoms with Crippen molar-refractivity contribution in [3.05, 3.63) is 57.3 Å². The van der Waals surface area contributed by atoms with E-state index in [0.29, 0.717) is 62.5 Å². The lowest BCUT2D eigenvalue weighted by molar-refractivity contribution is -0.0428. The van der Waals surface area contributed by atoms with Gasteiger partial charge in [-0.3, -0.25) is 0 Å². The van der Waals surface area contributed by atoms with Gasteiger partial charge in [0.1, 0.15) is 41.0 Å². The van der Waals surface area contributed by atoms with Gasteiger partial charge in [0.05, 0.1) is 53.3 Å². The minimum atomic E-state index is -0.452. The van der Waals surface area contributed by atoms with Crippen molar-refractivity contribution < 1.29 is 37.7 Å². The molecule has 2 aromatic heterocycles. The van der Waals surface area contributed by atoms with E-state index in [-0.39, 0.29) is 37.1 Å². The second kappa shape index (κ2) is 12.1. The highest BCUT2D eigenvalue weighted by atomic mass is 35.5. The molecule has 4 atom stereocenters. The largest absolute Gasteiger partial charge is 0.489 e. The van der Waals surface area contributed by atoms with Crippen LogP contribution in [0.2, 0.25) is 10.0 Å². The summed E-state index contributed by atoms with van der Waals surface area (Å²) >= 11 is 14.4. The van der Waals surface area contributed by atoms with Crippen molar-refractivity contribution in [2.75, 3.05) is 20.3 Å². The molecule has 232 valence electrons. The first kappa shape index (κ1) is 29.8. The number of hydrogen-bond donors (Lipinski definition) is 0. The minimum absolute atomic E-state index is 0.110. The zero-order valence-electron chi connectivity index (χ0n) is 24.2. The summed E-state index contributed by atoms with van der Waals surface area (Å²) < 4.78 is 42.4. The quantitative estimate of drug-likeness (QED) is 0.168. The van der Waals surface area contributed by atoms with Crippen molar-refractivity contribution in [3.63, 3.8) is 0 Å². The number of fused-ring (bicyclic) bond motifs is 2. The Balaban J connectivity index is 1.06. The summed E-state index contributed by atoms with van der Waals surface area (Å²) in [5.41, 5.74) is 3.07. The zero-order chi connectivity index (χ0) is 30.5. The summed E-state index contributed by atoms with van der Waals surface area (Å²) in [5, 5.41) is 5.78. The Labute approximate surface area is 267 Å². The number of esters is 1. The van der Waals surface area contributed by atoms with Crippen LogP contribution in [0.5, 0.6) is 10.9 Å². The number of thiazole rings is 1. The maximum Gasteiger partial charge on any atom is 0.338 e. The number of carbonyl (C=O) groups is 1. The summed E-state index contributed by atoms with van der Waals surface area (Å²) in [6.07, 6.45) is 0.591. The smallest absolute Gasteiger partial charge is 0.338 e. The third-order valence-electron chi connectivity index (χ3n) is 7.85. The van der Waals surface area contributed by atoms with E-state index in [0.717, 1.165) is 28.9 Å². The molecule has 10 nitrogen and oxygen atoms in total. The number of aromatic nitrogens is 2. The van der Waals surface area contributed by atoms with Crippen LogP contribution in [0.25, 0.3) is 21.5 Å². The van der Waals surface area contributed by atoms with Crippen LogP contribution in [0.3, 0.4) is 0 Å². The minimum Gasteiger partial charge on any atom is -0.489 e. The fourth-order valence-electron chi connectivity index (χ4n) is 5.65. The summed E-state index contributed by atoms with van der Waals surface area (Å²) in [5.74, 6) is 1.17. The topological polar surface area (TPSA) is 111 Å². The molecule has 1 aliphatic carbocycles. The molecular formula is C31H30Cl2N2O8S. The van der Waals surface area contributed by atoms with E-state index in [9.17, 15) is 4.79 Å². The first-order valence-electron chi connectivity index (χ1n) is 14.4. The van der Waals surface area contributed by atoms with E-state index in [1.54, 1.807) is 30.3 Å². The lowest BCUT2D eigenvalue weighted by Crippen LogP contribution is -2.35. The predicted molar refractivity (Wildman–Crippen MR) is 163 cm³/mol. The molecule has 4 aromatic rings. The molecule has 2 unspecified atom stereocenters. The van der Waals surface area contributed by atoms with E-state index in [4.69, 9.17) is 56.1 Å². The highest BCUT2D eigenvalue weighted by Gasteiger charge is 2.50. The van der Waals surface area contributed by atoms with Crippen LogP contribution in [-0.2, 0) is 25.6 Å². The molecule has 4 heterocycles. The monoisotopic (exact) mass is 660 g/mol. The van der Waals surface area contributed by atoms with Crippen LogP contribution < -0.4 is 9.47 Å². The van der Waals surface area contributed by atoms with Crippen molar-refractivity contribution in [3.8, 4) is 22.2 Å². The first-order valence-corrected chi connectivity index (χ1v) is 16.0. The Kier molecular flexibility index (Phi) is 8.19. The number of ether oxygens (including phenoxy) is 6. The van der Waals surface area contributed by atoms with Gasteiger partial charge in [0.2, 0.25) is 0 Å². The van der Waals surface area contributed by atoms with Crippen LogP contribution >= 0.6 is 34.5 Å². The molecule has 0 bridgehead atoms. The number of halogens is 2. The molecule has 3 fully saturated rings. The van der Waals surface area contributed by atoms with Crippen molar-refractivity contribution in [1.29, 1.82) is 0 Å². The number of hydrogen-bond acceptors (Lipinski definition) is 11. The van der Waals surface area contributed by atoms with E-state index in [2.05, 4.69) is 10.1 Å². The fourth-order valence-corrected chi connectivity index (χ4v) is 7.15. The number of carbonyl (C=O) groups excluding carboxylic acids is 1. The molecule has 2 aliphatic heterocycles. The van der Waals surface area contributed by atoms with Crippen LogP contribution in [0, 0.1) is 0 Å². The number of benzene rings is 2. The summed E-state index contributed by atoms with van der Waals surface area (Å²) in [4.78, 5) is 16.9. The lowest BCUT2D eigenvalue weighted by atomic mass is 10.0. The SMILES string of the molecule is COC(=O)c1cc(OC(C)C)c2nc(OC3CO[C@@H]4C(OCc5c(-c6c(Cl)cccc6Cl)noc5C5CC5)CO[C@H]34)sc2c1. The molecule has 3 aliphatic rings. The lowest BCUT2D eigenvalue weighted by Gasteiger charge is -2.17. The number of rotatable bonds is 10. The van der Waals surface area contributed by atoms with Crippen LogP contribution in [-0.4, -0.2) is 67.0 Å². The molecule has 1 saturated carbocycles. The molecule has 2 aromatic carbocycles. The van der Waals surface area contributed by atoms with E-state index in [1.807, 2.05) is 13.8 Å². The van der Waals surface area contributed by atoms with Crippen molar-refractivity contribution in [1.82, 2.24) is 10.1 Å². The number of methoxy groups -OCH3 is 1. The Morgan fingerprint density at radius 1 is 1.09 bits per heavy atom. The Bertz CT molecular complexity index is 1680. The van der Waals surface area contributed by atoms with Crippen molar-refractivity contribution >= 4 is 50.7 Å². The first-order chi connectivity index (χ1) is 21.3. The normalized spacial score (nSPS) is 23.0. The van der Waals surface area contributed by atoms with Gasteiger partial charge in [0.25, 0.3) is 5.19 Å². The molecule has 2 saturated heterocycles. The summed E-state index contributed by atoms with van der Waals surface area (Å²) in [6, 6.07) is 8.73. The second-order valence-electron chi connectivity index (χ2n) is 11.3. The maximum atomic E-state index is 12.3. The van der Waals surface area contributed by atoms with Gasteiger partial charge in [-0.2, -0.15) is 4.98 Å². The molecule has 0 spiro atoms. The third-order valence-corrected chi connectivity index (χ3v) is 9.37. The van der Waals surface area contributed by atoms with Gasteiger partial charge in [-0.15, -0.1) is 0 Å². The molecule has 13 heteroatoms. The zero-order valence-corrected chi connectivity index (χ0v) is 26.5. The van der Waals surface area contributed by atoms with Crippen LogP contribution in [0.1, 0.15) is 54.3 Å². The van der Waals surface area contributed by atoms with E-state index < -0.39 is 5.97 Å². The third kappa shape index (κ3) is 5.65. The molecule has 0 amide bonds. The Hall–Kier alpha value is -2.93. The highest BCUT2D eigenvalue weighted by Crippen LogP contribution is 2.46. The van der Waals surface area contributed by atoms with E-state index >= 15 is 0 Å². The van der Waals surface area contributed by atoms with Gasteiger partial charge in [-0.1, -0.05) is 45.8 Å². The van der Waals surface area contributed by atoms with Gasteiger partial charge in [0, 0.05) is 17.0 Å². The molecule has 0 radical (unpaired) electrons. The maximum absolute atomic E-state index is 12.3. The standard InChI is InChI=1S/C31H30Cl2N2O8S/c1-14(2)41-20-9-16(30(36)37-3)10-23-26(20)34-31(44-23)42-22-13-40-28-21(12-39-29(22)28)38-11-17-25(35-43-27(17)15-7-8-15)24-18(32)5-4-6-19(24)33/h4-6,9-10,14-15,21-22,28-29H,7-8,11-13H2,1-3H3/t21?,22?,28-,29-/m1/s1. The molecule has 0 N–H and O–H groups in total. The fraction of sp³-hybridized carbons (Fsp3) is 0.452. The van der Waals surface area contributed by atoms with Gasteiger partial charge in [-0.05, 0) is 51.0 Å². The van der Waals surface area contributed by atoms with Gasteiger partial charge >= 0.3 is 5.97 Å². The average molecular weight is 662 g/mol. The number of nitrogens with zero attached hydrogens (tertiary/aromatic N) is 2. The summed E-state index contributed by atoms with van der Waals surface area (Å²) in [7, 11) is 1.34. The second-order valence-corrected chi connectivity index (χ2v) is 13.1. The van der Waals surface area contributed by atoms with Gasteiger partial charge in [0.15, 0.2) is 6.10 Å². The van der Waals surface area contributed by atoms with Gasteiger partial charge in [-0.25, -0.2) is 4.79 Å². The average Bonchev–Trinajstić information content (AvgIpc) is 3.29. The van der Waals surface area contributed by atoms with E-state index in [1.165, 1.54) is 18.4 Å². The van der Waals surface area contributed by atoms with Gasteiger partial charge < -0.3 is 32.9 Å². The highest BCUT2D eigenvalue weighted by molar-refractivity contribution is 7.20. The molecular weight excluding hydrogens is 631 g/mol. The molecule has 44 heavy (non-hydrogen) atoms. The molecule has 7 rings (SSSR count). The van der Waals surface area contributed by atoms with Crippen LogP contribution in [0.4, 0.5) is 0 Å². The van der Waals surface area contributed by atoms with Crippen molar-refractivity contribution in [2.24, 2.45) is 0 Å². The van der Waals surface area contributed by atoms with Crippen molar-refractivity contribution in [2.45, 2.75) is 69.7 Å².